The first-order valence-electron chi connectivity index (χ1n) is 5.43. The molecule has 0 amide bonds. The Bertz CT molecular complexity index is 110. The van der Waals surface area contributed by atoms with Crippen LogP contribution in [0.25, 0.3) is 0 Å². The Labute approximate surface area is 87.4 Å². The molecule has 0 saturated carbocycles. The van der Waals surface area contributed by atoms with Crippen molar-refractivity contribution in [3.8, 4) is 0 Å². The van der Waals surface area contributed by atoms with Gasteiger partial charge in [0.2, 0.25) is 0 Å². The molecule has 14 heavy (non-hydrogen) atoms. The summed E-state index contributed by atoms with van der Waals surface area (Å²) in [6, 6.07) is 0. The van der Waals surface area contributed by atoms with Gasteiger partial charge in [-0.25, -0.2) is 0 Å². The summed E-state index contributed by atoms with van der Waals surface area (Å²) in [5, 5.41) is 9.51. The van der Waals surface area contributed by atoms with Crippen molar-refractivity contribution in [2.24, 2.45) is 0 Å². The number of aliphatic hydroxyl groups is 1. The zero-order chi connectivity index (χ0) is 11.0. The van der Waals surface area contributed by atoms with Crippen LogP contribution in [0.5, 0.6) is 0 Å². The minimum absolute atomic E-state index is 0.245. The summed E-state index contributed by atoms with van der Waals surface area (Å²) < 4.78 is 10.7. The van der Waals surface area contributed by atoms with E-state index in [1.54, 1.807) is 0 Å². The lowest BCUT2D eigenvalue weighted by atomic mass is 10.2. The third kappa shape index (κ3) is 9.96. The zero-order valence-corrected chi connectivity index (χ0v) is 9.82. The highest BCUT2D eigenvalue weighted by atomic mass is 16.5. The molecule has 0 aliphatic heterocycles. The highest BCUT2D eigenvalue weighted by Crippen LogP contribution is 2.01. The topological polar surface area (TPSA) is 38.7 Å². The summed E-state index contributed by atoms with van der Waals surface area (Å²) >= 11 is 0. The number of hydrogen-bond acceptors (Lipinski definition) is 3. The summed E-state index contributed by atoms with van der Waals surface area (Å²) in [6.07, 6.45) is 1.58. The molecule has 0 rings (SSSR count). The van der Waals surface area contributed by atoms with Crippen LogP contribution in [0, 0.1) is 0 Å². The first kappa shape index (κ1) is 13.9. The van der Waals surface area contributed by atoms with Crippen LogP contribution in [0.4, 0.5) is 0 Å². The largest absolute Gasteiger partial charge is 0.393 e. The molecule has 0 aromatic carbocycles. The first-order chi connectivity index (χ1) is 6.52. The molecular weight excluding hydrogens is 180 g/mol. The van der Waals surface area contributed by atoms with E-state index in [2.05, 4.69) is 0 Å². The summed E-state index contributed by atoms with van der Waals surface area (Å²) in [6.45, 7) is 9.23. The van der Waals surface area contributed by atoms with Crippen LogP contribution in [0.2, 0.25) is 0 Å². The van der Waals surface area contributed by atoms with Crippen molar-refractivity contribution in [1.82, 2.24) is 0 Å². The highest BCUT2D eigenvalue weighted by Gasteiger charge is 2.05. The first-order valence-corrected chi connectivity index (χ1v) is 5.43. The number of ether oxygens (including phenoxy) is 2. The molecule has 0 aromatic heterocycles. The van der Waals surface area contributed by atoms with Gasteiger partial charge in [-0.15, -0.1) is 0 Å². The van der Waals surface area contributed by atoms with Gasteiger partial charge in [-0.05, 0) is 40.5 Å². The molecule has 1 N–H and O–H groups in total. The van der Waals surface area contributed by atoms with Gasteiger partial charge in [-0.1, -0.05) is 0 Å². The second kappa shape index (κ2) is 8.21. The van der Waals surface area contributed by atoms with Gasteiger partial charge < -0.3 is 14.6 Å². The molecule has 3 nitrogen and oxygen atoms in total. The van der Waals surface area contributed by atoms with E-state index in [0.717, 1.165) is 0 Å². The van der Waals surface area contributed by atoms with E-state index in [0.29, 0.717) is 26.1 Å². The van der Waals surface area contributed by atoms with E-state index in [4.69, 9.17) is 9.47 Å². The molecular formula is C11H24O3. The fraction of sp³-hybridized carbons (Fsp3) is 1.00. The van der Waals surface area contributed by atoms with E-state index in [1.165, 1.54) is 0 Å². The fourth-order valence-electron chi connectivity index (χ4n) is 1.02. The van der Waals surface area contributed by atoms with Crippen molar-refractivity contribution in [3.05, 3.63) is 0 Å². The van der Waals surface area contributed by atoms with Crippen molar-refractivity contribution in [2.45, 2.75) is 58.8 Å². The van der Waals surface area contributed by atoms with Gasteiger partial charge in [0, 0.05) is 13.2 Å². The molecule has 0 spiro atoms. The van der Waals surface area contributed by atoms with Crippen LogP contribution in [-0.2, 0) is 9.47 Å². The lowest BCUT2D eigenvalue weighted by Gasteiger charge is -2.13. The van der Waals surface area contributed by atoms with E-state index < -0.39 is 0 Å². The second-order valence-corrected chi connectivity index (χ2v) is 4.07. The molecule has 0 bridgehead atoms. The van der Waals surface area contributed by atoms with Crippen LogP contribution in [-0.4, -0.2) is 36.6 Å². The fourth-order valence-corrected chi connectivity index (χ4v) is 1.02. The van der Waals surface area contributed by atoms with Gasteiger partial charge >= 0.3 is 0 Å². The lowest BCUT2D eigenvalue weighted by molar-refractivity contribution is 0.0201. The predicted octanol–water partition coefficient (Wildman–Crippen LogP) is 1.98. The van der Waals surface area contributed by atoms with Crippen molar-refractivity contribution in [3.63, 3.8) is 0 Å². The van der Waals surface area contributed by atoms with Gasteiger partial charge in [0.05, 0.1) is 18.3 Å². The SMILES string of the molecule is CC(C)OCCC(O)CCOC(C)C. The van der Waals surface area contributed by atoms with Crippen molar-refractivity contribution < 1.29 is 14.6 Å². The van der Waals surface area contributed by atoms with Crippen molar-refractivity contribution >= 4 is 0 Å². The Morgan fingerprint density at radius 3 is 1.50 bits per heavy atom. The van der Waals surface area contributed by atoms with Gasteiger partial charge in [-0.2, -0.15) is 0 Å². The van der Waals surface area contributed by atoms with E-state index in [1.807, 2.05) is 27.7 Å². The molecule has 3 heteroatoms. The molecule has 0 heterocycles. The highest BCUT2D eigenvalue weighted by molar-refractivity contribution is 4.55. The average molecular weight is 204 g/mol. The molecule has 0 radical (unpaired) electrons. The Balaban J connectivity index is 3.23. The average Bonchev–Trinajstić information content (AvgIpc) is 2.02. The lowest BCUT2D eigenvalue weighted by Crippen LogP contribution is -2.16. The van der Waals surface area contributed by atoms with Crippen LogP contribution in [0.1, 0.15) is 40.5 Å². The summed E-state index contributed by atoms with van der Waals surface area (Å²) in [5.74, 6) is 0. The number of aliphatic hydroxyl groups excluding tert-OH is 1. The van der Waals surface area contributed by atoms with Crippen LogP contribution >= 0.6 is 0 Å². The van der Waals surface area contributed by atoms with Gasteiger partial charge in [0.15, 0.2) is 0 Å². The third-order valence-corrected chi connectivity index (χ3v) is 1.80. The Morgan fingerprint density at radius 2 is 1.21 bits per heavy atom. The van der Waals surface area contributed by atoms with Crippen molar-refractivity contribution in [1.29, 1.82) is 0 Å². The molecule has 0 atom stereocenters. The Kier molecular flexibility index (Phi) is 8.14. The summed E-state index contributed by atoms with van der Waals surface area (Å²) in [7, 11) is 0. The maximum Gasteiger partial charge on any atom is 0.0584 e. The van der Waals surface area contributed by atoms with Crippen LogP contribution in [0.15, 0.2) is 0 Å². The number of hydrogen-bond donors (Lipinski definition) is 1. The zero-order valence-electron chi connectivity index (χ0n) is 9.82. The molecule has 0 fully saturated rings. The van der Waals surface area contributed by atoms with Crippen LogP contribution < -0.4 is 0 Å². The standard InChI is InChI=1S/C11H24O3/c1-9(2)13-7-5-11(12)6-8-14-10(3)4/h9-12H,5-8H2,1-4H3. The Morgan fingerprint density at radius 1 is 0.857 bits per heavy atom. The molecule has 0 unspecified atom stereocenters. The quantitative estimate of drug-likeness (QED) is 0.657. The molecule has 0 aliphatic carbocycles. The predicted molar refractivity (Wildman–Crippen MR) is 57.4 cm³/mol. The second-order valence-electron chi connectivity index (χ2n) is 4.07. The summed E-state index contributed by atoms with van der Waals surface area (Å²) in [4.78, 5) is 0. The van der Waals surface area contributed by atoms with E-state index >= 15 is 0 Å². The van der Waals surface area contributed by atoms with Gasteiger partial charge in [0.25, 0.3) is 0 Å². The molecule has 0 aliphatic rings. The molecule has 0 aromatic rings. The molecule has 86 valence electrons. The number of rotatable bonds is 8. The maximum absolute atomic E-state index is 9.51. The third-order valence-electron chi connectivity index (χ3n) is 1.80. The van der Waals surface area contributed by atoms with Crippen molar-refractivity contribution in [2.75, 3.05) is 13.2 Å². The van der Waals surface area contributed by atoms with Gasteiger partial charge in [0.1, 0.15) is 0 Å². The minimum atomic E-state index is -0.299. The minimum Gasteiger partial charge on any atom is -0.393 e. The normalized spacial score (nSPS) is 12.0. The maximum atomic E-state index is 9.51. The smallest absolute Gasteiger partial charge is 0.0584 e. The monoisotopic (exact) mass is 204 g/mol. The van der Waals surface area contributed by atoms with Gasteiger partial charge in [-0.3, -0.25) is 0 Å². The van der Waals surface area contributed by atoms with E-state index in [9.17, 15) is 5.11 Å². The van der Waals surface area contributed by atoms with Crippen LogP contribution in [0.3, 0.4) is 0 Å². The molecule has 0 saturated heterocycles. The Hall–Kier alpha value is -0.120. The van der Waals surface area contributed by atoms with E-state index in [-0.39, 0.29) is 18.3 Å². The summed E-state index contributed by atoms with van der Waals surface area (Å²) in [5.41, 5.74) is 0.